The molecular formula is C15H20FNO3S. The number of halogens is 1. The number of thioether (sulfide) groups is 1. The maximum atomic E-state index is 13.7. The number of anilines is 1. The molecule has 0 aliphatic carbocycles. The number of carbonyl (C=O) groups is 2. The van der Waals surface area contributed by atoms with Crippen molar-refractivity contribution in [3.8, 4) is 0 Å². The van der Waals surface area contributed by atoms with Crippen LogP contribution in [-0.4, -0.2) is 28.0 Å². The van der Waals surface area contributed by atoms with E-state index in [9.17, 15) is 14.0 Å². The van der Waals surface area contributed by atoms with E-state index in [1.807, 2.05) is 20.8 Å². The molecule has 0 heterocycles. The molecule has 2 N–H and O–H groups in total. The predicted molar refractivity (Wildman–Crippen MR) is 83.1 cm³/mol. The summed E-state index contributed by atoms with van der Waals surface area (Å²) in [6.07, 6.45) is -0.375. The molecule has 1 aromatic rings. The summed E-state index contributed by atoms with van der Waals surface area (Å²) >= 11 is 1.54. The molecule has 1 atom stereocenters. The molecule has 116 valence electrons. The first-order valence-electron chi connectivity index (χ1n) is 6.77. The average molecular weight is 313 g/mol. The molecule has 1 amide bonds. The van der Waals surface area contributed by atoms with Crippen LogP contribution in [0, 0.1) is 11.7 Å². The van der Waals surface area contributed by atoms with Crippen LogP contribution >= 0.6 is 11.8 Å². The Morgan fingerprint density at radius 2 is 2.05 bits per heavy atom. The summed E-state index contributed by atoms with van der Waals surface area (Å²) in [5.74, 6) is -0.889. The first kappa shape index (κ1) is 17.5. The third kappa shape index (κ3) is 5.38. The van der Waals surface area contributed by atoms with Gasteiger partial charge in [-0.25, -0.2) is 4.39 Å². The number of benzene rings is 1. The van der Waals surface area contributed by atoms with Gasteiger partial charge in [-0.2, -0.15) is 0 Å². The molecule has 0 aliphatic heterocycles. The zero-order chi connectivity index (χ0) is 16.0. The number of hydrogen-bond donors (Lipinski definition) is 2. The second kappa shape index (κ2) is 8.02. The molecule has 0 saturated carbocycles. The zero-order valence-corrected chi connectivity index (χ0v) is 13.2. The van der Waals surface area contributed by atoms with Crippen LogP contribution in [0.15, 0.2) is 18.2 Å². The van der Waals surface area contributed by atoms with Gasteiger partial charge in [-0.15, -0.1) is 11.8 Å². The van der Waals surface area contributed by atoms with Crippen LogP contribution in [0.2, 0.25) is 0 Å². The van der Waals surface area contributed by atoms with Crippen LogP contribution in [-0.2, 0) is 16.0 Å². The van der Waals surface area contributed by atoms with E-state index >= 15 is 0 Å². The lowest BCUT2D eigenvalue weighted by molar-refractivity contribution is -0.136. The molecule has 4 nitrogen and oxygen atoms in total. The van der Waals surface area contributed by atoms with Gasteiger partial charge in [-0.1, -0.05) is 26.8 Å². The van der Waals surface area contributed by atoms with E-state index < -0.39 is 11.8 Å². The minimum Gasteiger partial charge on any atom is -0.481 e. The van der Waals surface area contributed by atoms with Crippen LogP contribution in [0.4, 0.5) is 10.1 Å². The van der Waals surface area contributed by atoms with Gasteiger partial charge in [0.1, 0.15) is 5.82 Å². The van der Waals surface area contributed by atoms with Crippen molar-refractivity contribution in [3.63, 3.8) is 0 Å². The molecule has 1 aromatic carbocycles. The van der Waals surface area contributed by atoms with Crippen LogP contribution in [0.5, 0.6) is 0 Å². The fourth-order valence-corrected chi connectivity index (χ4v) is 2.85. The average Bonchev–Trinajstić information content (AvgIpc) is 2.38. The van der Waals surface area contributed by atoms with Crippen molar-refractivity contribution in [2.24, 2.45) is 5.92 Å². The van der Waals surface area contributed by atoms with Crippen LogP contribution in [0.25, 0.3) is 0 Å². The third-order valence-corrected chi connectivity index (χ3v) is 4.32. The lowest BCUT2D eigenvalue weighted by Gasteiger charge is -2.19. The fraction of sp³-hybridized carbons (Fsp3) is 0.467. The number of carboxylic acid groups (broad SMARTS) is 1. The minimum absolute atomic E-state index is 0.101. The molecule has 0 aliphatic rings. The molecule has 0 aromatic heterocycles. The Balaban J connectivity index is 2.81. The standard InChI is InChI=1S/C15H20FNO3S/c1-4-21-14(9(2)3)15(20)17-11-6-5-10(7-13(18)19)12(16)8-11/h5-6,8-9,14H,4,7H2,1-3H3,(H,17,20)(H,18,19). The number of carboxylic acids is 1. The monoisotopic (exact) mass is 313 g/mol. The van der Waals surface area contributed by atoms with Crippen LogP contribution in [0.1, 0.15) is 26.3 Å². The minimum atomic E-state index is -1.09. The number of rotatable bonds is 7. The summed E-state index contributed by atoms with van der Waals surface area (Å²) in [5.41, 5.74) is 0.442. The van der Waals surface area contributed by atoms with Gasteiger partial charge in [0.15, 0.2) is 0 Å². The van der Waals surface area contributed by atoms with Gasteiger partial charge < -0.3 is 10.4 Å². The highest BCUT2D eigenvalue weighted by Gasteiger charge is 2.22. The predicted octanol–water partition coefficient (Wildman–Crippen LogP) is 3.17. The molecule has 6 heteroatoms. The Kier molecular flexibility index (Phi) is 6.68. The normalized spacial score (nSPS) is 12.2. The Morgan fingerprint density at radius 1 is 1.38 bits per heavy atom. The topological polar surface area (TPSA) is 66.4 Å². The molecule has 0 radical (unpaired) electrons. The van der Waals surface area contributed by atoms with Crippen molar-refractivity contribution in [1.29, 1.82) is 0 Å². The third-order valence-electron chi connectivity index (χ3n) is 2.87. The van der Waals surface area contributed by atoms with Gasteiger partial charge in [0.2, 0.25) is 5.91 Å². The lowest BCUT2D eigenvalue weighted by Crippen LogP contribution is -2.29. The van der Waals surface area contributed by atoms with Gasteiger partial charge in [0.05, 0.1) is 11.7 Å². The molecule has 0 fully saturated rings. The summed E-state index contributed by atoms with van der Waals surface area (Å²) in [4.78, 5) is 22.8. The maximum absolute atomic E-state index is 13.7. The highest BCUT2D eigenvalue weighted by atomic mass is 32.2. The van der Waals surface area contributed by atoms with E-state index in [2.05, 4.69) is 5.32 Å². The lowest BCUT2D eigenvalue weighted by atomic mass is 10.1. The highest BCUT2D eigenvalue weighted by Crippen LogP contribution is 2.22. The van der Waals surface area contributed by atoms with Gasteiger partial charge >= 0.3 is 5.97 Å². The number of aliphatic carboxylic acids is 1. The Hall–Kier alpha value is -1.56. The SMILES string of the molecule is CCSC(C(=O)Nc1ccc(CC(=O)O)c(F)c1)C(C)C. The van der Waals surface area contributed by atoms with Gasteiger partial charge in [0, 0.05) is 5.69 Å². The number of carbonyl (C=O) groups excluding carboxylic acids is 1. The quantitative estimate of drug-likeness (QED) is 0.811. The van der Waals surface area contributed by atoms with E-state index in [4.69, 9.17) is 5.11 Å². The second-order valence-electron chi connectivity index (χ2n) is 4.99. The van der Waals surface area contributed by atoms with Crippen LogP contribution < -0.4 is 5.32 Å². The summed E-state index contributed by atoms with van der Waals surface area (Å²) in [5, 5.41) is 11.1. The molecule has 0 saturated heterocycles. The van der Waals surface area contributed by atoms with E-state index in [0.29, 0.717) is 5.69 Å². The number of amides is 1. The molecule has 1 rings (SSSR count). The molecule has 1 unspecified atom stereocenters. The van der Waals surface area contributed by atoms with Gasteiger partial charge in [-0.3, -0.25) is 9.59 Å². The van der Waals surface area contributed by atoms with Crippen molar-refractivity contribution in [1.82, 2.24) is 0 Å². The number of hydrogen-bond acceptors (Lipinski definition) is 3. The Labute approximate surface area is 128 Å². The van der Waals surface area contributed by atoms with Gasteiger partial charge in [-0.05, 0) is 29.4 Å². The van der Waals surface area contributed by atoms with E-state index in [1.54, 1.807) is 11.8 Å². The van der Waals surface area contributed by atoms with Crippen molar-refractivity contribution in [2.75, 3.05) is 11.1 Å². The van der Waals surface area contributed by atoms with Crippen molar-refractivity contribution >= 4 is 29.3 Å². The number of nitrogens with one attached hydrogen (secondary N) is 1. The second-order valence-corrected chi connectivity index (χ2v) is 6.40. The van der Waals surface area contributed by atoms with E-state index in [1.165, 1.54) is 12.1 Å². The van der Waals surface area contributed by atoms with E-state index in [0.717, 1.165) is 11.8 Å². The van der Waals surface area contributed by atoms with Gasteiger partial charge in [0.25, 0.3) is 0 Å². The molecule has 0 bridgehead atoms. The smallest absolute Gasteiger partial charge is 0.307 e. The van der Waals surface area contributed by atoms with Crippen molar-refractivity contribution < 1.29 is 19.1 Å². The molecular weight excluding hydrogens is 293 g/mol. The summed E-state index contributed by atoms with van der Waals surface area (Å²) in [6, 6.07) is 4.06. The van der Waals surface area contributed by atoms with Crippen LogP contribution in [0.3, 0.4) is 0 Å². The molecule has 0 spiro atoms. The largest absolute Gasteiger partial charge is 0.481 e. The first-order valence-corrected chi connectivity index (χ1v) is 7.82. The zero-order valence-electron chi connectivity index (χ0n) is 12.4. The summed E-state index contributed by atoms with van der Waals surface area (Å²) in [7, 11) is 0. The van der Waals surface area contributed by atoms with Crippen molar-refractivity contribution in [3.05, 3.63) is 29.6 Å². The van der Waals surface area contributed by atoms with Crippen molar-refractivity contribution in [2.45, 2.75) is 32.4 Å². The fourth-order valence-electron chi connectivity index (χ4n) is 1.90. The Bertz CT molecular complexity index is 520. The highest BCUT2D eigenvalue weighted by molar-refractivity contribution is 8.00. The van der Waals surface area contributed by atoms with E-state index in [-0.39, 0.29) is 29.1 Å². The summed E-state index contributed by atoms with van der Waals surface area (Å²) in [6.45, 7) is 5.90. The maximum Gasteiger partial charge on any atom is 0.307 e. The molecule has 21 heavy (non-hydrogen) atoms. The first-order chi connectivity index (χ1) is 9.85. The summed E-state index contributed by atoms with van der Waals surface area (Å²) < 4.78 is 13.7. The Morgan fingerprint density at radius 3 is 2.52 bits per heavy atom.